The minimum Gasteiger partial charge on any atom is -0.330 e. The van der Waals surface area contributed by atoms with Crippen molar-refractivity contribution in [3.05, 3.63) is 35.9 Å². The average molecular weight is 175 g/mol. The molecule has 68 valence electrons. The quantitative estimate of drug-likeness (QED) is 0.744. The fraction of sp³-hybridized carbons (Fsp3) is 0.300. The van der Waals surface area contributed by atoms with Crippen molar-refractivity contribution in [3.8, 4) is 0 Å². The van der Waals surface area contributed by atoms with Crippen molar-refractivity contribution in [2.75, 3.05) is 6.54 Å². The van der Waals surface area contributed by atoms with Crippen LogP contribution in [0.5, 0.6) is 0 Å². The molecule has 0 unspecified atom stereocenters. The van der Waals surface area contributed by atoms with Crippen LogP contribution in [0.15, 0.2) is 24.4 Å². The van der Waals surface area contributed by atoms with Gasteiger partial charge in [0.1, 0.15) is 5.82 Å². The van der Waals surface area contributed by atoms with E-state index < -0.39 is 0 Å². The van der Waals surface area contributed by atoms with E-state index in [0.29, 0.717) is 6.54 Å². The van der Waals surface area contributed by atoms with Gasteiger partial charge in [-0.25, -0.2) is 4.98 Å². The zero-order valence-electron chi connectivity index (χ0n) is 7.70. The number of fused-ring (bicyclic) bond motifs is 1. The maximum absolute atomic E-state index is 5.51. The van der Waals surface area contributed by atoms with Crippen molar-refractivity contribution in [1.29, 1.82) is 0 Å². The predicted octanol–water partition coefficient (Wildman–Crippen LogP) is 1.14. The van der Waals surface area contributed by atoms with E-state index in [9.17, 15) is 0 Å². The molecule has 2 rings (SSSR count). The second-order valence-electron chi connectivity index (χ2n) is 3.14. The number of hydrogen-bond acceptors (Lipinski definition) is 2. The number of nitrogens with two attached hydrogens (primary N) is 1. The van der Waals surface area contributed by atoms with Gasteiger partial charge in [-0.3, -0.25) is 0 Å². The van der Waals surface area contributed by atoms with Crippen LogP contribution in [0, 0.1) is 6.92 Å². The van der Waals surface area contributed by atoms with Gasteiger partial charge >= 0.3 is 0 Å². The van der Waals surface area contributed by atoms with E-state index in [-0.39, 0.29) is 0 Å². The molecule has 2 heterocycles. The number of nitrogens with zero attached hydrogens (tertiary/aromatic N) is 2. The van der Waals surface area contributed by atoms with Gasteiger partial charge in [-0.1, -0.05) is 6.07 Å². The van der Waals surface area contributed by atoms with Crippen molar-refractivity contribution >= 4 is 5.52 Å². The second-order valence-corrected chi connectivity index (χ2v) is 3.14. The smallest absolute Gasteiger partial charge is 0.114 e. The van der Waals surface area contributed by atoms with E-state index in [2.05, 4.69) is 28.4 Å². The Bertz CT molecular complexity index is 417. The maximum Gasteiger partial charge on any atom is 0.114 e. The highest BCUT2D eigenvalue weighted by Gasteiger charge is 2.03. The van der Waals surface area contributed by atoms with Crippen LogP contribution in [-0.2, 0) is 6.42 Å². The SMILES string of the molecule is Cc1cccc2cnc(CCN)n12. The lowest BCUT2D eigenvalue weighted by Gasteiger charge is -2.02. The van der Waals surface area contributed by atoms with Crippen LogP contribution >= 0.6 is 0 Å². The Kier molecular flexibility index (Phi) is 2.02. The van der Waals surface area contributed by atoms with E-state index in [1.54, 1.807) is 0 Å². The van der Waals surface area contributed by atoms with Gasteiger partial charge in [-0.05, 0) is 25.6 Å². The number of imidazole rings is 1. The monoisotopic (exact) mass is 175 g/mol. The Morgan fingerprint density at radius 2 is 2.31 bits per heavy atom. The Hall–Kier alpha value is -1.35. The van der Waals surface area contributed by atoms with E-state index in [4.69, 9.17) is 5.73 Å². The Morgan fingerprint density at radius 3 is 3.08 bits per heavy atom. The first-order valence-corrected chi connectivity index (χ1v) is 4.45. The van der Waals surface area contributed by atoms with Crippen LogP contribution in [0.3, 0.4) is 0 Å². The normalized spacial score (nSPS) is 10.9. The minimum atomic E-state index is 0.646. The lowest BCUT2D eigenvalue weighted by Crippen LogP contribution is -2.07. The molecule has 0 atom stereocenters. The molecule has 0 spiro atoms. The van der Waals surface area contributed by atoms with Crippen LogP contribution in [0.2, 0.25) is 0 Å². The molecule has 3 heteroatoms. The highest BCUT2D eigenvalue weighted by Crippen LogP contribution is 2.10. The summed E-state index contributed by atoms with van der Waals surface area (Å²) in [5.74, 6) is 1.05. The fourth-order valence-electron chi connectivity index (χ4n) is 1.60. The average Bonchev–Trinajstić information content (AvgIpc) is 2.51. The Labute approximate surface area is 77.2 Å². The number of aryl methyl sites for hydroxylation is 1. The van der Waals surface area contributed by atoms with Crippen LogP contribution < -0.4 is 5.73 Å². The lowest BCUT2D eigenvalue weighted by molar-refractivity contribution is 0.850. The molecule has 2 aromatic heterocycles. The van der Waals surface area contributed by atoms with Crippen LogP contribution in [0.25, 0.3) is 5.52 Å². The first kappa shape index (κ1) is 8.26. The van der Waals surface area contributed by atoms with E-state index in [1.165, 1.54) is 5.69 Å². The zero-order valence-corrected chi connectivity index (χ0v) is 7.70. The maximum atomic E-state index is 5.51. The molecule has 0 saturated heterocycles. The number of hydrogen-bond donors (Lipinski definition) is 1. The van der Waals surface area contributed by atoms with E-state index in [1.807, 2.05) is 12.3 Å². The summed E-state index contributed by atoms with van der Waals surface area (Å²) in [4.78, 5) is 4.33. The lowest BCUT2D eigenvalue weighted by atomic mass is 10.3. The summed E-state index contributed by atoms with van der Waals surface area (Å²) in [6.45, 7) is 2.72. The summed E-state index contributed by atoms with van der Waals surface area (Å²) >= 11 is 0. The largest absolute Gasteiger partial charge is 0.330 e. The molecule has 0 aromatic carbocycles. The molecule has 0 amide bonds. The molecule has 0 aliphatic rings. The summed E-state index contributed by atoms with van der Waals surface area (Å²) in [5, 5.41) is 0. The van der Waals surface area contributed by atoms with E-state index in [0.717, 1.165) is 17.8 Å². The number of aromatic nitrogens is 2. The fourth-order valence-corrected chi connectivity index (χ4v) is 1.60. The highest BCUT2D eigenvalue weighted by molar-refractivity contribution is 5.47. The molecule has 2 N–H and O–H groups in total. The van der Waals surface area contributed by atoms with Crippen molar-refractivity contribution in [2.45, 2.75) is 13.3 Å². The third kappa shape index (κ3) is 1.31. The van der Waals surface area contributed by atoms with Gasteiger partial charge in [0.15, 0.2) is 0 Å². The summed E-state index contributed by atoms with van der Waals surface area (Å²) in [5.41, 5.74) is 7.86. The van der Waals surface area contributed by atoms with Gasteiger partial charge in [0.05, 0.1) is 11.7 Å². The standard InChI is InChI=1S/C10H13N3/c1-8-3-2-4-9-7-12-10(5-6-11)13(8)9/h2-4,7H,5-6,11H2,1H3. The van der Waals surface area contributed by atoms with Gasteiger partial charge in [-0.2, -0.15) is 0 Å². The molecule has 2 aromatic rings. The van der Waals surface area contributed by atoms with Gasteiger partial charge < -0.3 is 10.1 Å². The molecule has 0 saturated carbocycles. The molecule has 0 fully saturated rings. The van der Waals surface area contributed by atoms with E-state index >= 15 is 0 Å². The van der Waals surface area contributed by atoms with Crippen molar-refractivity contribution < 1.29 is 0 Å². The molecule has 0 aliphatic heterocycles. The molecule has 0 bridgehead atoms. The molecular weight excluding hydrogens is 162 g/mol. The van der Waals surface area contributed by atoms with Crippen molar-refractivity contribution in [1.82, 2.24) is 9.38 Å². The number of rotatable bonds is 2. The third-order valence-corrected chi connectivity index (χ3v) is 2.19. The summed E-state index contributed by atoms with van der Waals surface area (Å²) in [6, 6.07) is 6.17. The Morgan fingerprint density at radius 1 is 1.46 bits per heavy atom. The van der Waals surface area contributed by atoms with Crippen molar-refractivity contribution in [2.24, 2.45) is 5.73 Å². The first-order valence-electron chi connectivity index (χ1n) is 4.45. The van der Waals surface area contributed by atoms with Crippen molar-refractivity contribution in [3.63, 3.8) is 0 Å². The van der Waals surface area contributed by atoms with Crippen LogP contribution in [-0.4, -0.2) is 15.9 Å². The summed E-state index contributed by atoms with van der Waals surface area (Å²) in [6.07, 6.45) is 2.72. The molecular formula is C10H13N3. The molecule has 3 nitrogen and oxygen atoms in total. The van der Waals surface area contributed by atoms with Gasteiger partial charge in [0, 0.05) is 12.1 Å². The number of pyridine rings is 1. The highest BCUT2D eigenvalue weighted by atomic mass is 15.0. The first-order chi connectivity index (χ1) is 6.33. The van der Waals surface area contributed by atoms with Gasteiger partial charge in [0.2, 0.25) is 0 Å². The van der Waals surface area contributed by atoms with Gasteiger partial charge in [0.25, 0.3) is 0 Å². The Balaban J connectivity index is 2.64. The molecule has 0 radical (unpaired) electrons. The zero-order chi connectivity index (χ0) is 9.26. The van der Waals surface area contributed by atoms with Crippen LogP contribution in [0.4, 0.5) is 0 Å². The van der Waals surface area contributed by atoms with Crippen LogP contribution in [0.1, 0.15) is 11.5 Å². The molecule has 0 aliphatic carbocycles. The minimum absolute atomic E-state index is 0.646. The summed E-state index contributed by atoms with van der Waals surface area (Å²) in [7, 11) is 0. The second kappa shape index (κ2) is 3.18. The predicted molar refractivity (Wildman–Crippen MR) is 52.7 cm³/mol. The third-order valence-electron chi connectivity index (χ3n) is 2.19. The summed E-state index contributed by atoms with van der Waals surface area (Å²) < 4.78 is 2.15. The topological polar surface area (TPSA) is 43.3 Å². The van der Waals surface area contributed by atoms with Gasteiger partial charge in [-0.15, -0.1) is 0 Å². The molecule has 13 heavy (non-hydrogen) atoms.